The maximum atomic E-state index is 11.6. The second-order valence-corrected chi connectivity index (χ2v) is 5.59. The van der Waals surface area contributed by atoms with Crippen LogP contribution in [0.25, 0.3) is 10.1 Å². The topological polar surface area (TPSA) is 91.6 Å². The van der Waals surface area contributed by atoms with Crippen molar-refractivity contribution in [3.05, 3.63) is 57.7 Å². The van der Waals surface area contributed by atoms with E-state index in [4.69, 9.17) is 9.47 Å². The summed E-state index contributed by atoms with van der Waals surface area (Å²) in [5.41, 5.74) is -0.0165. The van der Waals surface area contributed by atoms with Crippen LogP contribution in [0.4, 0.5) is 5.69 Å². The Balaban J connectivity index is 1.94. The lowest BCUT2D eigenvalue weighted by atomic mass is 10.2. The second kappa shape index (κ2) is 6.01. The van der Waals surface area contributed by atoms with Crippen molar-refractivity contribution in [1.82, 2.24) is 4.98 Å². The monoisotopic (exact) mass is 330 g/mol. The molecule has 2 aromatic heterocycles. The first-order valence-electron chi connectivity index (χ1n) is 6.46. The Labute approximate surface area is 134 Å². The van der Waals surface area contributed by atoms with Crippen molar-refractivity contribution in [3.8, 4) is 11.5 Å². The molecule has 1 aromatic carbocycles. The molecule has 0 amide bonds. The molecule has 2 heterocycles. The largest absolute Gasteiger partial charge is 0.465 e. The number of ether oxygens (including phenoxy) is 2. The number of benzene rings is 1. The third-order valence-corrected chi connectivity index (χ3v) is 4.12. The van der Waals surface area contributed by atoms with Crippen LogP contribution >= 0.6 is 11.3 Å². The molecule has 8 heteroatoms. The van der Waals surface area contributed by atoms with Crippen LogP contribution in [0.15, 0.2) is 42.7 Å². The molecule has 3 rings (SSSR count). The minimum absolute atomic E-state index is 0.0165. The molecule has 0 saturated heterocycles. The number of thiophene rings is 1. The first-order valence-corrected chi connectivity index (χ1v) is 7.28. The highest BCUT2D eigenvalue weighted by Gasteiger charge is 2.14. The zero-order valence-electron chi connectivity index (χ0n) is 11.9. The van der Waals surface area contributed by atoms with Crippen LogP contribution in [0.1, 0.15) is 9.67 Å². The fourth-order valence-electron chi connectivity index (χ4n) is 1.98. The summed E-state index contributed by atoms with van der Waals surface area (Å²) in [5.74, 6) is 0.478. The number of pyridine rings is 1. The number of rotatable bonds is 4. The number of esters is 1. The summed E-state index contributed by atoms with van der Waals surface area (Å²) in [6.07, 6.45) is 3.16. The predicted octanol–water partition coefficient (Wildman–Crippen LogP) is 3.78. The molecule has 116 valence electrons. The van der Waals surface area contributed by atoms with Crippen molar-refractivity contribution in [1.29, 1.82) is 0 Å². The standard InChI is InChI=1S/C15H10N2O5S/c1-21-15(18)13-6-11-12(7-16-8-14(11)23-13)22-10-4-2-9(3-5-10)17(19)20/h2-8H,1H3. The van der Waals surface area contributed by atoms with Crippen molar-refractivity contribution >= 4 is 33.1 Å². The van der Waals surface area contributed by atoms with Crippen LogP contribution in [0, 0.1) is 10.1 Å². The molecule has 0 spiro atoms. The molecular weight excluding hydrogens is 320 g/mol. The number of nitrogens with zero attached hydrogens (tertiary/aromatic N) is 2. The molecular formula is C15H10N2O5S. The van der Waals surface area contributed by atoms with Crippen LogP contribution in [0.3, 0.4) is 0 Å². The summed E-state index contributed by atoms with van der Waals surface area (Å²) in [6, 6.07) is 7.40. The van der Waals surface area contributed by atoms with Crippen LogP contribution < -0.4 is 4.74 Å². The number of aromatic nitrogens is 1. The Hall–Kier alpha value is -3.00. The first-order chi connectivity index (χ1) is 11.1. The van der Waals surface area contributed by atoms with Gasteiger partial charge in [-0.1, -0.05) is 0 Å². The fourth-order valence-corrected chi connectivity index (χ4v) is 2.94. The number of non-ortho nitro benzene ring substituents is 1. The van der Waals surface area contributed by atoms with Gasteiger partial charge in [-0.2, -0.15) is 0 Å². The number of hydrogen-bond acceptors (Lipinski definition) is 7. The van der Waals surface area contributed by atoms with Gasteiger partial charge in [0.2, 0.25) is 0 Å². The van der Waals surface area contributed by atoms with Crippen molar-refractivity contribution in [2.75, 3.05) is 7.11 Å². The summed E-state index contributed by atoms with van der Waals surface area (Å²) >= 11 is 1.25. The number of nitro benzene ring substituents is 1. The van der Waals surface area contributed by atoms with E-state index in [0.717, 1.165) is 10.1 Å². The van der Waals surface area contributed by atoms with Gasteiger partial charge in [-0.05, 0) is 18.2 Å². The summed E-state index contributed by atoms with van der Waals surface area (Å²) in [7, 11) is 1.32. The van der Waals surface area contributed by atoms with E-state index in [-0.39, 0.29) is 5.69 Å². The van der Waals surface area contributed by atoms with E-state index in [1.54, 1.807) is 12.3 Å². The van der Waals surface area contributed by atoms with Gasteiger partial charge in [-0.3, -0.25) is 15.1 Å². The summed E-state index contributed by atoms with van der Waals surface area (Å²) in [5, 5.41) is 11.4. The first kappa shape index (κ1) is 14.9. The Morgan fingerprint density at radius 3 is 2.65 bits per heavy atom. The maximum absolute atomic E-state index is 11.6. The molecule has 0 N–H and O–H groups in total. The molecule has 0 radical (unpaired) electrons. The van der Waals surface area contributed by atoms with Gasteiger partial charge >= 0.3 is 5.97 Å². The molecule has 3 aromatic rings. The Kier molecular flexibility index (Phi) is 3.90. The summed E-state index contributed by atoms with van der Waals surface area (Å²) < 4.78 is 11.2. The fraction of sp³-hybridized carbons (Fsp3) is 0.0667. The zero-order valence-corrected chi connectivity index (χ0v) is 12.7. The average molecular weight is 330 g/mol. The number of methoxy groups -OCH3 is 1. The third kappa shape index (κ3) is 2.97. The van der Waals surface area contributed by atoms with Gasteiger partial charge < -0.3 is 9.47 Å². The smallest absolute Gasteiger partial charge is 0.348 e. The lowest BCUT2D eigenvalue weighted by Gasteiger charge is -2.05. The lowest BCUT2D eigenvalue weighted by Crippen LogP contribution is -1.96. The number of hydrogen-bond donors (Lipinski definition) is 0. The van der Waals surface area contributed by atoms with E-state index in [0.29, 0.717) is 16.4 Å². The van der Waals surface area contributed by atoms with Gasteiger partial charge in [0, 0.05) is 23.7 Å². The molecule has 0 atom stereocenters. The average Bonchev–Trinajstić information content (AvgIpc) is 3.00. The molecule has 0 bridgehead atoms. The minimum Gasteiger partial charge on any atom is -0.465 e. The van der Waals surface area contributed by atoms with E-state index in [1.165, 1.54) is 48.9 Å². The molecule has 0 unspecified atom stereocenters. The molecule has 0 aliphatic rings. The normalized spacial score (nSPS) is 10.5. The van der Waals surface area contributed by atoms with Gasteiger partial charge in [-0.15, -0.1) is 11.3 Å². The van der Waals surface area contributed by atoms with Gasteiger partial charge in [0.25, 0.3) is 5.69 Å². The van der Waals surface area contributed by atoms with Crippen molar-refractivity contribution in [3.63, 3.8) is 0 Å². The number of carbonyl (C=O) groups is 1. The second-order valence-electron chi connectivity index (χ2n) is 4.50. The van der Waals surface area contributed by atoms with E-state index in [2.05, 4.69) is 4.98 Å². The van der Waals surface area contributed by atoms with Crippen molar-refractivity contribution in [2.24, 2.45) is 0 Å². The van der Waals surface area contributed by atoms with E-state index >= 15 is 0 Å². The molecule has 23 heavy (non-hydrogen) atoms. The van der Waals surface area contributed by atoms with Gasteiger partial charge in [-0.25, -0.2) is 4.79 Å². The lowest BCUT2D eigenvalue weighted by molar-refractivity contribution is -0.384. The van der Waals surface area contributed by atoms with Crippen LogP contribution in [-0.4, -0.2) is 23.0 Å². The molecule has 0 aliphatic heterocycles. The maximum Gasteiger partial charge on any atom is 0.348 e. The van der Waals surface area contributed by atoms with Crippen molar-refractivity contribution < 1.29 is 19.2 Å². The van der Waals surface area contributed by atoms with Crippen LogP contribution in [-0.2, 0) is 4.74 Å². The van der Waals surface area contributed by atoms with E-state index < -0.39 is 10.9 Å². The van der Waals surface area contributed by atoms with E-state index in [9.17, 15) is 14.9 Å². The zero-order chi connectivity index (χ0) is 16.4. The van der Waals surface area contributed by atoms with E-state index in [1.807, 2.05) is 0 Å². The molecule has 0 fully saturated rings. The minimum atomic E-state index is -0.479. The van der Waals surface area contributed by atoms with Crippen molar-refractivity contribution in [2.45, 2.75) is 0 Å². The van der Waals surface area contributed by atoms with Gasteiger partial charge in [0.05, 0.1) is 22.9 Å². The molecule has 0 aliphatic carbocycles. The summed E-state index contributed by atoms with van der Waals surface area (Å²) in [4.78, 5) is 26.3. The van der Waals surface area contributed by atoms with Crippen LogP contribution in [0.5, 0.6) is 11.5 Å². The highest BCUT2D eigenvalue weighted by Crippen LogP contribution is 2.34. The number of nitro groups is 1. The van der Waals surface area contributed by atoms with Crippen LogP contribution in [0.2, 0.25) is 0 Å². The quantitative estimate of drug-likeness (QED) is 0.410. The SMILES string of the molecule is COC(=O)c1cc2c(Oc3ccc([N+](=O)[O-])cc3)cncc2s1. The highest BCUT2D eigenvalue weighted by molar-refractivity contribution is 7.20. The Morgan fingerprint density at radius 2 is 2.00 bits per heavy atom. The molecule has 0 saturated carbocycles. The third-order valence-electron chi connectivity index (χ3n) is 3.07. The highest BCUT2D eigenvalue weighted by atomic mass is 32.1. The van der Waals surface area contributed by atoms with Gasteiger partial charge in [0.1, 0.15) is 10.6 Å². The summed E-state index contributed by atoms with van der Waals surface area (Å²) in [6.45, 7) is 0. The van der Waals surface area contributed by atoms with Gasteiger partial charge in [0.15, 0.2) is 5.75 Å². The number of fused-ring (bicyclic) bond motifs is 1. The molecule has 7 nitrogen and oxygen atoms in total. The number of carbonyl (C=O) groups excluding carboxylic acids is 1. The predicted molar refractivity (Wildman–Crippen MR) is 84.1 cm³/mol. The Bertz CT molecular complexity index is 889. The Morgan fingerprint density at radius 1 is 1.26 bits per heavy atom.